The summed E-state index contributed by atoms with van der Waals surface area (Å²) < 4.78 is 6.99. The molecule has 0 aliphatic carbocycles. The van der Waals surface area contributed by atoms with Crippen LogP contribution in [0.5, 0.6) is 11.6 Å². The second-order valence-corrected chi connectivity index (χ2v) is 8.15. The number of ether oxygens (including phenoxy) is 1. The van der Waals surface area contributed by atoms with E-state index in [0.717, 1.165) is 21.7 Å². The first-order valence-corrected chi connectivity index (χ1v) is 11.0. The van der Waals surface area contributed by atoms with E-state index in [9.17, 15) is 14.7 Å². The first-order valence-electron chi connectivity index (χ1n) is 10.0. The van der Waals surface area contributed by atoms with Crippen LogP contribution in [0.3, 0.4) is 0 Å². The number of nitrogens with zero attached hydrogens (tertiary/aromatic N) is 2. The monoisotopic (exact) mass is 463 g/mol. The van der Waals surface area contributed by atoms with Crippen molar-refractivity contribution in [3.63, 3.8) is 0 Å². The number of nitrogens with one attached hydrogen (secondary N) is 1. The van der Waals surface area contributed by atoms with Crippen LogP contribution in [0.25, 0.3) is 10.8 Å². The molecule has 0 aliphatic rings. The first kappa shape index (κ1) is 22.2. The number of hydrogen-bond acceptors (Lipinski definition) is 6. The molecule has 3 N–H and O–H groups in total. The average Bonchev–Trinajstić information content (AvgIpc) is 3.09. The molecule has 4 rings (SSSR count). The maximum Gasteiger partial charge on any atom is 0.337 e. The number of hydrogen-bond donors (Lipinski definition) is 3. The van der Waals surface area contributed by atoms with Crippen molar-refractivity contribution in [3.8, 4) is 11.6 Å². The summed E-state index contributed by atoms with van der Waals surface area (Å²) in [6.45, 7) is 0.423. The zero-order valence-corrected chi connectivity index (χ0v) is 18.5. The van der Waals surface area contributed by atoms with Crippen LogP contribution in [-0.2, 0) is 11.3 Å². The van der Waals surface area contributed by atoms with Crippen LogP contribution in [-0.4, -0.2) is 44.5 Å². The van der Waals surface area contributed by atoms with Crippen LogP contribution in [0.15, 0.2) is 71.9 Å². The van der Waals surface area contributed by atoms with Crippen LogP contribution in [0.2, 0.25) is 0 Å². The van der Waals surface area contributed by atoms with Crippen molar-refractivity contribution in [1.29, 1.82) is 0 Å². The third-order valence-electron chi connectivity index (χ3n) is 5.02. The lowest BCUT2D eigenvalue weighted by Gasteiger charge is -2.11. The Hall–Kier alpha value is -3.98. The predicted molar refractivity (Wildman–Crippen MR) is 126 cm³/mol. The van der Waals surface area contributed by atoms with Gasteiger partial charge >= 0.3 is 5.97 Å². The van der Waals surface area contributed by atoms with Crippen LogP contribution in [0, 0.1) is 0 Å². The standard InChI is InChI=1S/C24H21N3O5S/c1-32-17-9-6-15(7-10-17)13-27-22(29)18-4-2-3-5-19(18)23(27)33-14-21(28)26-20-11-8-16(12-25-20)24(30)31/h2-12,29H,13-14H2,1H3,(H,30,31)(H,25,26,28). The number of aromatic nitrogens is 2. The molecule has 8 nitrogen and oxygen atoms in total. The molecule has 4 aromatic rings. The summed E-state index contributed by atoms with van der Waals surface area (Å²) in [5.74, 6) is -0.144. The summed E-state index contributed by atoms with van der Waals surface area (Å²) in [5, 5.41) is 24.8. The summed E-state index contributed by atoms with van der Waals surface area (Å²) in [6, 6.07) is 17.9. The minimum Gasteiger partial charge on any atom is -0.497 e. The molecule has 0 radical (unpaired) electrons. The van der Waals surface area contributed by atoms with Crippen molar-refractivity contribution in [2.45, 2.75) is 11.6 Å². The topological polar surface area (TPSA) is 114 Å². The van der Waals surface area contributed by atoms with Gasteiger partial charge in [0.15, 0.2) is 5.88 Å². The molecule has 168 valence electrons. The smallest absolute Gasteiger partial charge is 0.337 e. The summed E-state index contributed by atoms with van der Waals surface area (Å²) in [6.07, 6.45) is 1.19. The molecule has 0 saturated heterocycles. The lowest BCUT2D eigenvalue weighted by Crippen LogP contribution is -2.15. The van der Waals surface area contributed by atoms with Gasteiger partial charge in [0.2, 0.25) is 5.91 Å². The van der Waals surface area contributed by atoms with Crippen molar-refractivity contribution in [2.24, 2.45) is 0 Å². The van der Waals surface area contributed by atoms with Gasteiger partial charge in [-0.3, -0.25) is 4.79 Å². The van der Waals surface area contributed by atoms with E-state index in [0.29, 0.717) is 11.9 Å². The number of fused-ring (bicyclic) bond motifs is 1. The largest absolute Gasteiger partial charge is 0.497 e. The fraction of sp³-hybridized carbons (Fsp3) is 0.125. The van der Waals surface area contributed by atoms with Gasteiger partial charge in [0.05, 0.1) is 30.0 Å². The van der Waals surface area contributed by atoms with Gasteiger partial charge in [-0.25, -0.2) is 9.78 Å². The first-order chi connectivity index (χ1) is 16.0. The number of carboxylic acids is 1. The van der Waals surface area contributed by atoms with Crippen molar-refractivity contribution in [3.05, 3.63) is 78.0 Å². The summed E-state index contributed by atoms with van der Waals surface area (Å²) in [7, 11) is 1.61. The summed E-state index contributed by atoms with van der Waals surface area (Å²) in [5.41, 5.74) is 1.01. The number of thioether (sulfide) groups is 1. The van der Waals surface area contributed by atoms with Crippen molar-refractivity contribution in [2.75, 3.05) is 18.2 Å². The Morgan fingerprint density at radius 1 is 1.06 bits per heavy atom. The van der Waals surface area contributed by atoms with Crippen molar-refractivity contribution >= 4 is 40.2 Å². The Labute approximate surface area is 193 Å². The molecule has 2 aromatic heterocycles. The van der Waals surface area contributed by atoms with E-state index >= 15 is 0 Å². The molecular weight excluding hydrogens is 442 g/mol. The Kier molecular flexibility index (Phi) is 6.50. The molecular formula is C24H21N3O5S. The van der Waals surface area contributed by atoms with E-state index in [2.05, 4.69) is 10.3 Å². The molecule has 0 bridgehead atoms. The van der Waals surface area contributed by atoms with Gasteiger partial charge in [0, 0.05) is 17.0 Å². The Balaban J connectivity index is 1.54. The minimum absolute atomic E-state index is 0.0423. The van der Waals surface area contributed by atoms with Gasteiger partial charge in [-0.05, 0) is 35.9 Å². The molecule has 0 spiro atoms. The van der Waals surface area contributed by atoms with Crippen molar-refractivity contribution in [1.82, 2.24) is 9.55 Å². The highest BCUT2D eigenvalue weighted by Gasteiger charge is 2.18. The van der Waals surface area contributed by atoms with Gasteiger partial charge in [0.25, 0.3) is 0 Å². The molecule has 0 aliphatic heterocycles. The Bertz CT molecular complexity index is 1300. The molecule has 0 atom stereocenters. The number of benzene rings is 2. The highest BCUT2D eigenvalue weighted by atomic mass is 32.2. The van der Waals surface area contributed by atoms with Gasteiger partial charge in [-0.15, -0.1) is 0 Å². The maximum atomic E-state index is 12.5. The van der Waals surface area contributed by atoms with Crippen LogP contribution in [0.4, 0.5) is 5.82 Å². The number of carbonyl (C=O) groups is 2. The predicted octanol–water partition coefficient (Wildman–Crippen LogP) is 4.23. The lowest BCUT2D eigenvalue weighted by atomic mass is 10.2. The van der Waals surface area contributed by atoms with Gasteiger partial charge < -0.3 is 24.8 Å². The number of rotatable bonds is 8. The second-order valence-electron chi connectivity index (χ2n) is 7.18. The van der Waals surface area contributed by atoms with E-state index in [4.69, 9.17) is 9.84 Å². The van der Waals surface area contributed by atoms with Gasteiger partial charge in [-0.1, -0.05) is 42.1 Å². The molecule has 1 amide bonds. The van der Waals surface area contributed by atoms with E-state index < -0.39 is 5.97 Å². The van der Waals surface area contributed by atoms with E-state index in [1.165, 1.54) is 30.1 Å². The molecule has 33 heavy (non-hydrogen) atoms. The normalized spacial score (nSPS) is 10.8. The van der Waals surface area contributed by atoms with Gasteiger partial charge in [-0.2, -0.15) is 0 Å². The number of anilines is 1. The molecule has 2 aromatic carbocycles. The van der Waals surface area contributed by atoms with Crippen molar-refractivity contribution < 1.29 is 24.5 Å². The third-order valence-corrected chi connectivity index (χ3v) is 6.14. The zero-order valence-electron chi connectivity index (χ0n) is 17.7. The zero-order chi connectivity index (χ0) is 23.4. The molecule has 9 heteroatoms. The van der Waals surface area contributed by atoms with Crippen LogP contribution < -0.4 is 10.1 Å². The highest BCUT2D eigenvalue weighted by molar-refractivity contribution is 8.00. The van der Waals surface area contributed by atoms with Crippen LogP contribution in [0.1, 0.15) is 15.9 Å². The minimum atomic E-state index is -1.08. The average molecular weight is 464 g/mol. The fourth-order valence-electron chi connectivity index (χ4n) is 3.37. The Morgan fingerprint density at radius 3 is 2.42 bits per heavy atom. The number of methoxy groups -OCH3 is 1. The lowest BCUT2D eigenvalue weighted by molar-refractivity contribution is -0.113. The summed E-state index contributed by atoms with van der Waals surface area (Å²) >= 11 is 1.30. The molecule has 0 saturated carbocycles. The summed E-state index contributed by atoms with van der Waals surface area (Å²) in [4.78, 5) is 27.4. The number of carbonyl (C=O) groups excluding carboxylic acids is 1. The number of carboxylic acid groups (broad SMARTS) is 1. The molecule has 2 heterocycles. The van der Waals surface area contributed by atoms with E-state index in [1.54, 1.807) is 11.7 Å². The number of aromatic hydroxyl groups is 1. The molecule has 0 unspecified atom stereocenters. The highest BCUT2D eigenvalue weighted by Crippen LogP contribution is 2.38. The molecule has 0 fully saturated rings. The quantitative estimate of drug-likeness (QED) is 0.335. The third kappa shape index (κ3) is 4.93. The van der Waals surface area contributed by atoms with Crippen LogP contribution >= 0.6 is 11.8 Å². The second kappa shape index (κ2) is 9.66. The van der Waals surface area contributed by atoms with E-state index in [1.807, 2.05) is 48.5 Å². The number of amides is 1. The number of aromatic carboxylic acids is 1. The van der Waals surface area contributed by atoms with E-state index in [-0.39, 0.29) is 28.9 Å². The Morgan fingerprint density at radius 2 is 1.79 bits per heavy atom. The SMILES string of the molecule is COc1ccc(Cn2c(O)c3ccccc3c2SCC(=O)Nc2ccc(C(=O)O)cn2)cc1. The maximum absolute atomic E-state index is 12.5. The van der Waals surface area contributed by atoms with Gasteiger partial charge in [0.1, 0.15) is 11.6 Å². The fourth-order valence-corrected chi connectivity index (χ4v) is 4.35. The number of pyridine rings is 1.